The van der Waals surface area contributed by atoms with E-state index in [1.165, 1.54) is 0 Å². The fourth-order valence-electron chi connectivity index (χ4n) is 1.33. The van der Waals surface area contributed by atoms with Gasteiger partial charge in [-0.05, 0) is 5.41 Å². The molecule has 6 heteroatoms. The number of nitrogens with one attached hydrogen (secondary N) is 1. The van der Waals surface area contributed by atoms with Gasteiger partial charge in [0, 0.05) is 6.42 Å². The molecule has 0 aromatic carbocycles. The second-order valence-electron chi connectivity index (χ2n) is 4.54. The summed E-state index contributed by atoms with van der Waals surface area (Å²) in [4.78, 5) is 22.0. The van der Waals surface area contributed by atoms with Crippen LogP contribution in [-0.4, -0.2) is 46.5 Å². The molecule has 0 spiro atoms. The summed E-state index contributed by atoms with van der Waals surface area (Å²) in [6, 6.07) is -0.687. The van der Waals surface area contributed by atoms with Gasteiger partial charge in [-0.25, -0.2) is 0 Å². The van der Waals surface area contributed by atoms with Crippen LogP contribution in [0.3, 0.4) is 0 Å². The van der Waals surface area contributed by atoms with Gasteiger partial charge in [-0.1, -0.05) is 13.8 Å². The molecule has 4 N–H and O–H groups in total. The van der Waals surface area contributed by atoms with E-state index >= 15 is 0 Å². The predicted octanol–water partition coefficient (Wildman–Crippen LogP) is -0.653. The quantitative estimate of drug-likeness (QED) is 0.467. The van der Waals surface area contributed by atoms with Gasteiger partial charge >= 0.3 is 5.97 Å². The van der Waals surface area contributed by atoms with Crippen LogP contribution in [0, 0.1) is 5.41 Å². The van der Waals surface area contributed by atoms with Gasteiger partial charge in [0.2, 0.25) is 5.91 Å². The number of aliphatic hydroxyl groups is 2. The van der Waals surface area contributed by atoms with Crippen molar-refractivity contribution in [2.24, 2.45) is 5.41 Å². The third-order valence-electron chi connectivity index (χ3n) is 2.07. The molecule has 0 bridgehead atoms. The van der Waals surface area contributed by atoms with Gasteiger partial charge in [0.1, 0.15) is 0 Å². The van der Waals surface area contributed by atoms with Gasteiger partial charge in [0.15, 0.2) is 0 Å². The highest BCUT2D eigenvalue weighted by Crippen LogP contribution is 2.24. The van der Waals surface area contributed by atoms with Crippen LogP contribution in [0.1, 0.15) is 26.7 Å². The van der Waals surface area contributed by atoms with Crippen LogP contribution in [0.2, 0.25) is 0 Å². The normalized spacial score (nSPS) is 11.6. The first-order valence-electron chi connectivity index (χ1n) is 5.03. The van der Waals surface area contributed by atoms with E-state index in [1.807, 2.05) is 0 Å². The lowest BCUT2D eigenvalue weighted by molar-refractivity contribution is -0.139. The Balaban J connectivity index is 4.17. The zero-order chi connectivity index (χ0) is 12.8. The molecule has 0 aliphatic rings. The summed E-state index contributed by atoms with van der Waals surface area (Å²) in [6.07, 6.45) is -0.0703. The smallest absolute Gasteiger partial charge is 0.303 e. The van der Waals surface area contributed by atoms with Crippen molar-refractivity contribution in [3.05, 3.63) is 0 Å². The first-order chi connectivity index (χ1) is 7.30. The zero-order valence-corrected chi connectivity index (χ0v) is 9.56. The molecule has 0 saturated heterocycles. The Hall–Kier alpha value is -1.14. The number of carboxylic acids is 1. The van der Waals surface area contributed by atoms with Crippen LogP contribution in [0.4, 0.5) is 0 Å². The first-order valence-corrected chi connectivity index (χ1v) is 5.03. The molecular weight excluding hydrogens is 214 g/mol. The minimum Gasteiger partial charge on any atom is -0.481 e. The molecule has 0 aliphatic heterocycles. The van der Waals surface area contributed by atoms with Gasteiger partial charge in [0.25, 0.3) is 0 Å². The standard InChI is InChI=1S/C10H19NO5/c1-10(2,4-9(15)16)3-8(14)11-7(5-12)6-13/h7,12-13H,3-6H2,1-2H3,(H,11,14)(H,15,16). The average molecular weight is 233 g/mol. The maximum absolute atomic E-state index is 11.4. The summed E-state index contributed by atoms with van der Waals surface area (Å²) in [7, 11) is 0. The van der Waals surface area contributed by atoms with E-state index in [4.69, 9.17) is 15.3 Å². The number of carboxylic acid groups (broad SMARTS) is 1. The Bertz CT molecular complexity index is 248. The predicted molar refractivity (Wildman–Crippen MR) is 56.8 cm³/mol. The lowest BCUT2D eigenvalue weighted by Crippen LogP contribution is -2.41. The Morgan fingerprint density at radius 1 is 1.19 bits per heavy atom. The fraction of sp³-hybridized carbons (Fsp3) is 0.800. The molecule has 0 unspecified atom stereocenters. The van der Waals surface area contributed by atoms with E-state index in [9.17, 15) is 9.59 Å². The molecule has 1 amide bonds. The minimum absolute atomic E-state index is 0.0375. The van der Waals surface area contributed by atoms with Crippen molar-refractivity contribution >= 4 is 11.9 Å². The lowest BCUT2D eigenvalue weighted by atomic mass is 9.85. The van der Waals surface area contributed by atoms with Gasteiger partial charge in [0.05, 0.1) is 25.7 Å². The van der Waals surface area contributed by atoms with Crippen molar-refractivity contribution < 1.29 is 24.9 Å². The topological polar surface area (TPSA) is 107 Å². The van der Waals surface area contributed by atoms with Crippen molar-refractivity contribution in [3.8, 4) is 0 Å². The van der Waals surface area contributed by atoms with Crippen LogP contribution in [0.5, 0.6) is 0 Å². The third-order valence-corrected chi connectivity index (χ3v) is 2.07. The molecule has 6 nitrogen and oxygen atoms in total. The van der Waals surface area contributed by atoms with Crippen molar-refractivity contribution in [2.45, 2.75) is 32.7 Å². The molecular formula is C10H19NO5. The van der Waals surface area contributed by atoms with Gasteiger partial charge < -0.3 is 20.6 Å². The summed E-state index contributed by atoms with van der Waals surface area (Å²) in [5.74, 6) is -1.34. The number of amides is 1. The summed E-state index contributed by atoms with van der Waals surface area (Å²) in [6.45, 7) is 2.66. The third kappa shape index (κ3) is 6.36. The van der Waals surface area contributed by atoms with Gasteiger partial charge in [-0.3, -0.25) is 9.59 Å². The molecule has 0 heterocycles. The van der Waals surface area contributed by atoms with Crippen LogP contribution in [0.15, 0.2) is 0 Å². The minimum atomic E-state index is -0.960. The first kappa shape index (κ1) is 14.9. The number of hydrogen-bond acceptors (Lipinski definition) is 4. The molecule has 0 rings (SSSR count). The Kier molecular flexibility index (Phi) is 5.98. The maximum atomic E-state index is 11.4. The number of carbonyl (C=O) groups is 2. The molecule has 0 atom stereocenters. The van der Waals surface area contributed by atoms with E-state index < -0.39 is 17.4 Å². The Morgan fingerprint density at radius 2 is 1.69 bits per heavy atom. The van der Waals surface area contributed by atoms with Crippen LogP contribution >= 0.6 is 0 Å². The fourth-order valence-corrected chi connectivity index (χ4v) is 1.33. The van der Waals surface area contributed by atoms with Crippen molar-refractivity contribution in [1.82, 2.24) is 5.32 Å². The van der Waals surface area contributed by atoms with E-state index in [0.717, 1.165) is 0 Å². The summed E-state index contributed by atoms with van der Waals surface area (Å²) >= 11 is 0. The Morgan fingerprint density at radius 3 is 2.06 bits per heavy atom. The molecule has 0 saturated carbocycles. The largest absolute Gasteiger partial charge is 0.481 e. The van der Waals surface area contributed by atoms with E-state index in [2.05, 4.69) is 5.32 Å². The monoisotopic (exact) mass is 233 g/mol. The maximum Gasteiger partial charge on any atom is 0.303 e. The Labute approximate surface area is 94.3 Å². The highest BCUT2D eigenvalue weighted by atomic mass is 16.4. The van der Waals surface area contributed by atoms with Crippen molar-refractivity contribution in [3.63, 3.8) is 0 Å². The molecule has 16 heavy (non-hydrogen) atoms. The number of aliphatic carboxylic acids is 1. The summed E-state index contributed by atoms with van der Waals surface area (Å²) in [5.41, 5.74) is -0.647. The van der Waals surface area contributed by atoms with Crippen molar-refractivity contribution in [2.75, 3.05) is 13.2 Å². The average Bonchev–Trinajstić information content (AvgIpc) is 2.10. The highest BCUT2D eigenvalue weighted by molar-refractivity contribution is 5.78. The number of hydrogen-bond donors (Lipinski definition) is 4. The highest BCUT2D eigenvalue weighted by Gasteiger charge is 2.25. The number of rotatable bonds is 7. The van der Waals surface area contributed by atoms with Gasteiger partial charge in [-0.2, -0.15) is 0 Å². The lowest BCUT2D eigenvalue weighted by Gasteiger charge is -2.23. The van der Waals surface area contributed by atoms with E-state index in [0.29, 0.717) is 0 Å². The van der Waals surface area contributed by atoms with E-state index in [1.54, 1.807) is 13.8 Å². The van der Waals surface area contributed by atoms with Crippen molar-refractivity contribution in [1.29, 1.82) is 0 Å². The number of carbonyl (C=O) groups excluding carboxylic acids is 1. The summed E-state index contributed by atoms with van der Waals surface area (Å²) in [5, 5.41) is 28.5. The molecule has 94 valence electrons. The van der Waals surface area contributed by atoms with Crippen LogP contribution in [0.25, 0.3) is 0 Å². The molecule has 0 aromatic rings. The molecule has 0 aromatic heterocycles. The molecule has 0 radical (unpaired) electrons. The van der Waals surface area contributed by atoms with Crippen LogP contribution in [-0.2, 0) is 9.59 Å². The molecule has 0 aliphatic carbocycles. The zero-order valence-electron chi connectivity index (χ0n) is 9.56. The molecule has 0 fully saturated rings. The van der Waals surface area contributed by atoms with E-state index in [-0.39, 0.29) is 32.0 Å². The number of aliphatic hydroxyl groups excluding tert-OH is 2. The second-order valence-corrected chi connectivity index (χ2v) is 4.54. The SMILES string of the molecule is CC(C)(CC(=O)O)CC(=O)NC(CO)CO. The van der Waals surface area contributed by atoms with Gasteiger partial charge in [-0.15, -0.1) is 0 Å². The second kappa shape index (κ2) is 6.44. The van der Waals surface area contributed by atoms with Crippen LogP contribution < -0.4 is 5.32 Å². The summed E-state index contributed by atoms with van der Waals surface area (Å²) < 4.78 is 0.